The summed E-state index contributed by atoms with van der Waals surface area (Å²) >= 11 is 13.1. The molecule has 2 nitrogen and oxygen atoms in total. The van der Waals surface area contributed by atoms with Crippen LogP contribution >= 0.6 is 34.5 Å². The van der Waals surface area contributed by atoms with Crippen LogP contribution in [0.15, 0.2) is 18.7 Å². The minimum Gasteiger partial charge on any atom is -0.271 e. The van der Waals surface area contributed by atoms with Crippen molar-refractivity contribution in [2.45, 2.75) is 12.5 Å². The zero-order valence-corrected chi connectivity index (χ0v) is 9.22. The third kappa shape index (κ3) is 2.69. The van der Waals surface area contributed by atoms with Crippen LogP contribution < -0.4 is 11.3 Å². The lowest BCUT2D eigenvalue weighted by atomic mass is 10.1. The lowest BCUT2D eigenvalue weighted by Crippen LogP contribution is -2.27. The van der Waals surface area contributed by atoms with Gasteiger partial charge in [0.2, 0.25) is 0 Å². The van der Waals surface area contributed by atoms with E-state index in [1.807, 2.05) is 6.07 Å². The molecule has 1 rings (SSSR count). The lowest BCUT2D eigenvalue weighted by Gasteiger charge is -2.12. The van der Waals surface area contributed by atoms with Crippen LogP contribution in [0.1, 0.15) is 18.0 Å². The van der Waals surface area contributed by atoms with Gasteiger partial charge >= 0.3 is 0 Å². The number of nitrogens with one attached hydrogen (secondary N) is 1. The number of hydrazine groups is 1. The zero-order chi connectivity index (χ0) is 9.84. The predicted molar refractivity (Wildman–Crippen MR) is 59.2 cm³/mol. The molecule has 0 radical (unpaired) electrons. The maximum absolute atomic E-state index is 5.96. The largest absolute Gasteiger partial charge is 0.271 e. The van der Waals surface area contributed by atoms with Gasteiger partial charge in [-0.05, 0) is 12.5 Å². The highest BCUT2D eigenvalue weighted by Gasteiger charge is 2.14. The molecule has 0 spiro atoms. The van der Waals surface area contributed by atoms with Crippen molar-refractivity contribution in [3.8, 4) is 0 Å². The molecule has 1 heterocycles. The molecule has 1 aromatic rings. The van der Waals surface area contributed by atoms with E-state index in [0.717, 1.165) is 12.0 Å². The van der Waals surface area contributed by atoms with Gasteiger partial charge in [-0.3, -0.25) is 11.3 Å². The molecule has 0 bridgehead atoms. The van der Waals surface area contributed by atoms with Gasteiger partial charge in [0, 0.05) is 5.56 Å². The molecule has 1 atom stereocenters. The molecule has 0 amide bonds. The Kier molecular flexibility index (Phi) is 4.22. The Morgan fingerprint density at radius 3 is 2.77 bits per heavy atom. The van der Waals surface area contributed by atoms with E-state index in [0.29, 0.717) is 8.67 Å². The summed E-state index contributed by atoms with van der Waals surface area (Å²) < 4.78 is 1.35. The highest BCUT2D eigenvalue weighted by Crippen LogP contribution is 2.35. The summed E-state index contributed by atoms with van der Waals surface area (Å²) in [5, 5.41) is 0. The maximum Gasteiger partial charge on any atom is 0.0992 e. The Hall–Kier alpha value is -0.0600. The van der Waals surface area contributed by atoms with Gasteiger partial charge in [-0.1, -0.05) is 29.3 Å². The molecule has 0 aliphatic carbocycles. The fourth-order valence-electron chi connectivity index (χ4n) is 1.04. The second kappa shape index (κ2) is 4.98. The molecule has 0 aliphatic heterocycles. The van der Waals surface area contributed by atoms with E-state index in [4.69, 9.17) is 29.0 Å². The highest BCUT2D eigenvalue weighted by molar-refractivity contribution is 7.20. The van der Waals surface area contributed by atoms with Crippen molar-refractivity contribution >= 4 is 34.5 Å². The molecule has 1 unspecified atom stereocenters. The van der Waals surface area contributed by atoms with E-state index < -0.39 is 0 Å². The second-order valence-corrected chi connectivity index (χ2v) is 4.81. The van der Waals surface area contributed by atoms with Gasteiger partial charge in [-0.15, -0.1) is 17.9 Å². The first-order valence-corrected chi connectivity index (χ1v) is 5.28. The molecule has 0 saturated heterocycles. The van der Waals surface area contributed by atoms with Gasteiger partial charge in [0.15, 0.2) is 0 Å². The van der Waals surface area contributed by atoms with Crippen molar-refractivity contribution in [2.24, 2.45) is 5.84 Å². The Morgan fingerprint density at radius 1 is 1.69 bits per heavy atom. The summed E-state index contributed by atoms with van der Waals surface area (Å²) in [6, 6.07) is 1.82. The van der Waals surface area contributed by atoms with E-state index in [2.05, 4.69) is 12.0 Å². The maximum atomic E-state index is 5.96. The predicted octanol–water partition coefficient (Wildman–Crippen LogP) is 3.14. The van der Waals surface area contributed by atoms with Crippen molar-refractivity contribution in [2.75, 3.05) is 0 Å². The molecular formula is C8H10Cl2N2S. The minimum atomic E-state index is -0.00579. The minimum absolute atomic E-state index is 0.00579. The van der Waals surface area contributed by atoms with Crippen LogP contribution in [0.2, 0.25) is 8.67 Å². The first-order chi connectivity index (χ1) is 6.19. The van der Waals surface area contributed by atoms with Crippen LogP contribution in [0.4, 0.5) is 0 Å². The number of thiophene rings is 1. The molecule has 0 fully saturated rings. The Labute approximate surface area is 91.3 Å². The number of halogens is 2. The Balaban J connectivity index is 2.89. The summed E-state index contributed by atoms with van der Waals surface area (Å²) in [4.78, 5) is 0. The van der Waals surface area contributed by atoms with Gasteiger partial charge in [-0.25, -0.2) is 0 Å². The normalized spacial score (nSPS) is 12.8. The zero-order valence-electron chi connectivity index (χ0n) is 6.89. The SMILES string of the molecule is C=CCC(NN)c1cc(Cl)sc1Cl. The quantitative estimate of drug-likeness (QED) is 0.479. The Morgan fingerprint density at radius 2 is 2.38 bits per heavy atom. The van der Waals surface area contributed by atoms with E-state index in [1.54, 1.807) is 6.08 Å². The number of hydrogen-bond acceptors (Lipinski definition) is 3. The van der Waals surface area contributed by atoms with Gasteiger partial charge in [0.1, 0.15) is 0 Å². The van der Waals surface area contributed by atoms with Crippen LogP contribution in [0.25, 0.3) is 0 Å². The Bertz CT molecular complexity index is 298. The highest BCUT2D eigenvalue weighted by atomic mass is 35.5. The van der Waals surface area contributed by atoms with Crippen molar-refractivity contribution in [1.29, 1.82) is 0 Å². The molecule has 13 heavy (non-hydrogen) atoms. The van der Waals surface area contributed by atoms with Gasteiger partial charge in [0.05, 0.1) is 14.7 Å². The average molecular weight is 237 g/mol. The van der Waals surface area contributed by atoms with E-state index in [9.17, 15) is 0 Å². The molecule has 1 aromatic heterocycles. The molecule has 72 valence electrons. The molecule has 0 aromatic carbocycles. The molecule has 0 saturated carbocycles. The number of rotatable bonds is 4. The summed E-state index contributed by atoms with van der Waals surface area (Å²) in [7, 11) is 0. The van der Waals surface area contributed by atoms with E-state index >= 15 is 0 Å². The fraction of sp³-hybridized carbons (Fsp3) is 0.250. The first-order valence-electron chi connectivity index (χ1n) is 3.70. The monoisotopic (exact) mass is 236 g/mol. The summed E-state index contributed by atoms with van der Waals surface area (Å²) in [6.07, 6.45) is 2.51. The second-order valence-electron chi connectivity index (χ2n) is 2.52. The standard InChI is InChI=1S/C8H10Cl2N2S/c1-2-3-6(12-11)5-4-7(9)13-8(5)10/h2,4,6,12H,1,3,11H2. The summed E-state index contributed by atoms with van der Waals surface area (Å²) in [5.41, 5.74) is 3.60. The van der Waals surface area contributed by atoms with Crippen LogP contribution in [0.3, 0.4) is 0 Å². The van der Waals surface area contributed by atoms with Crippen LogP contribution in [0.5, 0.6) is 0 Å². The summed E-state index contributed by atoms with van der Waals surface area (Å²) in [5.74, 6) is 5.37. The van der Waals surface area contributed by atoms with Gasteiger partial charge < -0.3 is 0 Å². The van der Waals surface area contributed by atoms with E-state index in [-0.39, 0.29) is 6.04 Å². The van der Waals surface area contributed by atoms with Gasteiger partial charge in [-0.2, -0.15) is 0 Å². The smallest absolute Gasteiger partial charge is 0.0992 e. The van der Waals surface area contributed by atoms with Gasteiger partial charge in [0.25, 0.3) is 0 Å². The summed E-state index contributed by atoms with van der Waals surface area (Å²) in [6.45, 7) is 3.64. The van der Waals surface area contributed by atoms with Crippen LogP contribution in [0, 0.1) is 0 Å². The molecular weight excluding hydrogens is 227 g/mol. The first kappa shape index (κ1) is 11.0. The van der Waals surface area contributed by atoms with Crippen molar-refractivity contribution in [3.05, 3.63) is 33.0 Å². The van der Waals surface area contributed by atoms with E-state index in [1.165, 1.54) is 11.3 Å². The third-order valence-corrected chi connectivity index (χ3v) is 3.18. The molecule has 0 aliphatic rings. The fourth-order valence-corrected chi connectivity index (χ4v) is 2.62. The topological polar surface area (TPSA) is 38.0 Å². The number of hydrogen-bond donors (Lipinski definition) is 2. The number of nitrogens with two attached hydrogens (primary N) is 1. The molecule has 3 N–H and O–H groups in total. The van der Waals surface area contributed by atoms with Crippen molar-refractivity contribution in [3.63, 3.8) is 0 Å². The van der Waals surface area contributed by atoms with Crippen LogP contribution in [-0.2, 0) is 0 Å². The third-order valence-electron chi connectivity index (χ3n) is 1.66. The lowest BCUT2D eigenvalue weighted by molar-refractivity contribution is 0.563. The van der Waals surface area contributed by atoms with Crippen molar-refractivity contribution < 1.29 is 0 Å². The average Bonchev–Trinajstić information content (AvgIpc) is 2.41. The van der Waals surface area contributed by atoms with Crippen molar-refractivity contribution in [1.82, 2.24) is 5.43 Å². The van der Waals surface area contributed by atoms with Crippen LogP contribution in [-0.4, -0.2) is 0 Å². The molecule has 5 heteroatoms.